The van der Waals surface area contributed by atoms with Crippen LogP contribution in [0.4, 0.5) is 0 Å². The topological polar surface area (TPSA) is 60.0 Å². The largest absolute Gasteiger partial charge is 0.387 e. The Morgan fingerprint density at radius 1 is 0.941 bits per heavy atom. The van der Waals surface area contributed by atoms with Crippen molar-refractivity contribution >= 4 is 0 Å². The van der Waals surface area contributed by atoms with Gasteiger partial charge >= 0.3 is 0 Å². The molecule has 0 aliphatic heterocycles. The number of unbranched alkanes of at least 4 members (excludes halogenated alkanes) is 1. The van der Waals surface area contributed by atoms with E-state index in [9.17, 15) is 5.11 Å². The fraction of sp³-hybridized carbons (Fsp3) is 0.586. The van der Waals surface area contributed by atoms with Crippen LogP contribution in [-0.2, 0) is 27.4 Å². The third kappa shape index (κ3) is 7.62. The first-order valence-electron chi connectivity index (χ1n) is 12.8. The summed E-state index contributed by atoms with van der Waals surface area (Å²) in [6.07, 6.45) is 3.59. The Labute approximate surface area is 205 Å². The molecule has 1 aliphatic carbocycles. The number of rotatable bonds is 14. The van der Waals surface area contributed by atoms with Crippen LogP contribution in [0.25, 0.3) is 0 Å². The molecule has 0 radical (unpaired) electrons. The van der Waals surface area contributed by atoms with Gasteiger partial charge in [0.15, 0.2) is 0 Å². The monoisotopic (exact) mass is 469 g/mol. The maximum atomic E-state index is 11.1. The van der Waals surface area contributed by atoms with Crippen LogP contribution in [0, 0.1) is 5.92 Å². The number of likely N-dealkylation sites (N-methyl/N-ethyl adjacent to an activating group) is 1. The molecular formula is C29H43NO4. The molecule has 0 heterocycles. The molecule has 1 aliphatic rings. The maximum absolute atomic E-state index is 11.1. The molecule has 2 N–H and O–H groups in total. The van der Waals surface area contributed by atoms with Crippen molar-refractivity contribution in [3.8, 4) is 0 Å². The highest BCUT2D eigenvalue weighted by molar-refractivity contribution is 5.15. The lowest BCUT2D eigenvalue weighted by atomic mass is 9.87. The van der Waals surface area contributed by atoms with E-state index in [0.29, 0.717) is 13.2 Å². The van der Waals surface area contributed by atoms with E-state index in [0.717, 1.165) is 36.8 Å². The summed E-state index contributed by atoms with van der Waals surface area (Å²) < 4.78 is 19.2. The van der Waals surface area contributed by atoms with Crippen LogP contribution in [0.3, 0.4) is 0 Å². The van der Waals surface area contributed by atoms with Crippen molar-refractivity contribution in [3.63, 3.8) is 0 Å². The highest BCUT2D eigenvalue weighted by atomic mass is 16.6. The molecule has 0 bridgehead atoms. The zero-order valence-electron chi connectivity index (χ0n) is 21.3. The van der Waals surface area contributed by atoms with Crippen LogP contribution >= 0.6 is 0 Å². The van der Waals surface area contributed by atoms with Crippen molar-refractivity contribution < 1.29 is 19.3 Å². The van der Waals surface area contributed by atoms with Gasteiger partial charge in [0.05, 0.1) is 43.7 Å². The Kier molecular flexibility index (Phi) is 10.5. The van der Waals surface area contributed by atoms with Gasteiger partial charge in [0.1, 0.15) is 6.10 Å². The molecule has 5 heteroatoms. The first-order chi connectivity index (χ1) is 16.4. The molecule has 6 unspecified atom stereocenters. The van der Waals surface area contributed by atoms with Crippen molar-refractivity contribution in [2.24, 2.45) is 5.92 Å². The second-order valence-corrected chi connectivity index (χ2v) is 9.90. The van der Waals surface area contributed by atoms with E-state index in [1.807, 2.05) is 50.4 Å². The first-order valence-corrected chi connectivity index (χ1v) is 12.8. The number of hydrogen-bond acceptors (Lipinski definition) is 5. The quantitative estimate of drug-likeness (QED) is 0.403. The molecule has 6 atom stereocenters. The standard InChI is InChI=1S/C29H43NO4/c1-5-6-13-22(2)29(3,31)21-34-28-26(33-20-24-16-11-8-12-17-24)18-25(27(28)30-4)32-19-23-14-9-7-10-15-23/h7-12,14-17,22,25-28,30-31H,5-6,13,18-21H2,1-4H3. The average molecular weight is 470 g/mol. The lowest BCUT2D eigenvalue weighted by molar-refractivity contribution is -0.129. The van der Waals surface area contributed by atoms with Crippen LogP contribution in [0.1, 0.15) is 57.6 Å². The predicted molar refractivity (Wildman–Crippen MR) is 137 cm³/mol. The minimum absolute atomic E-state index is 0.0220. The molecular weight excluding hydrogens is 426 g/mol. The van der Waals surface area contributed by atoms with Crippen LogP contribution in [0.5, 0.6) is 0 Å². The molecule has 0 amide bonds. The Bertz CT molecular complexity index is 813. The molecule has 5 nitrogen and oxygen atoms in total. The van der Waals surface area contributed by atoms with Crippen LogP contribution in [-0.4, -0.2) is 48.7 Å². The fourth-order valence-corrected chi connectivity index (χ4v) is 4.63. The Hall–Kier alpha value is -1.76. The van der Waals surface area contributed by atoms with Gasteiger partial charge in [-0.15, -0.1) is 0 Å². The molecule has 2 aromatic carbocycles. The van der Waals surface area contributed by atoms with Crippen molar-refractivity contribution in [2.45, 2.75) is 89.6 Å². The lowest BCUT2D eigenvalue weighted by Crippen LogP contribution is -2.48. The summed E-state index contributed by atoms with van der Waals surface area (Å²) in [6, 6.07) is 20.4. The van der Waals surface area contributed by atoms with Gasteiger partial charge in [-0.05, 0) is 37.4 Å². The Morgan fingerprint density at radius 3 is 2.03 bits per heavy atom. The Balaban J connectivity index is 1.68. The molecule has 0 saturated heterocycles. The minimum Gasteiger partial charge on any atom is -0.387 e. The summed E-state index contributed by atoms with van der Waals surface area (Å²) in [4.78, 5) is 0. The summed E-state index contributed by atoms with van der Waals surface area (Å²) in [5.41, 5.74) is 1.40. The summed E-state index contributed by atoms with van der Waals surface area (Å²) in [6.45, 7) is 7.53. The zero-order valence-corrected chi connectivity index (χ0v) is 21.3. The lowest BCUT2D eigenvalue weighted by Gasteiger charge is -2.34. The average Bonchev–Trinajstić information content (AvgIpc) is 3.21. The number of benzene rings is 2. The second-order valence-electron chi connectivity index (χ2n) is 9.90. The van der Waals surface area contributed by atoms with Crippen LogP contribution in [0.15, 0.2) is 60.7 Å². The van der Waals surface area contributed by atoms with Gasteiger partial charge in [-0.25, -0.2) is 0 Å². The van der Waals surface area contributed by atoms with E-state index in [2.05, 4.69) is 43.4 Å². The number of ether oxygens (including phenoxy) is 3. The zero-order chi connectivity index (χ0) is 24.4. The van der Waals surface area contributed by atoms with Gasteiger partial charge in [0, 0.05) is 6.42 Å². The smallest absolute Gasteiger partial charge is 0.102 e. The number of hydrogen-bond donors (Lipinski definition) is 2. The van der Waals surface area contributed by atoms with Gasteiger partial charge in [-0.2, -0.15) is 0 Å². The Morgan fingerprint density at radius 2 is 1.50 bits per heavy atom. The van der Waals surface area contributed by atoms with E-state index in [4.69, 9.17) is 14.2 Å². The van der Waals surface area contributed by atoms with Gasteiger partial charge in [0.25, 0.3) is 0 Å². The SMILES string of the molecule is CCCCC(C)C(C)(O)COC1C(OCc2ccccc2)CC(OCc2ccccc2)C1NC. The number of nitrogens with one attached hydrogen (secondary N) is 1. The van der Waals surface area contributed by atoms with Gasteiger partial charge in [-0.3, -0.25) is 0 Å². The summed E-state index contributed by atoms with van der Waals surface area (Å²) >= 11 is 0. The van der Waals surface area contributed by atoms with E-state index >= 15 is 0 Å². The van der Waals surface area contributed by atoms with Crippen LogP contribution in [0.2, 0.25) is 0 Å². The molecule has 0 spiro atoms. The summed E-state index contributed by atoms with van der Waals surface area (Å²) in [7, 11) is 1.95. The third-order valence-corrected chi connectivity index (χ3v) is 7.15. The highest BCUT2D eigenvalue weighted by Crippen LogP contribution is 2.32. The molecule has 3 rings (SSSR count). The summed E-state index contributed by atoms with van der Waals surface area (Å²) in [5.74, 6) is 0.163. The molecule has 188 valence electrons. The van der Waals surface area contributed by atoms with Gasteiger partial charge in [-0.1, -0.05) is 87.4 Å². The molecule has 34 heavy (non-hydrogen) atoms. The van der Waals surface area contributed by atoms with E-state index in [1.54, 1.807) is 0 Å². The van der Waals surface area contributed by atoms with E-state index in [-0.39, 0.29) is 36.9 Å². The highest BCUT2D eigenvalue weighted by Gasteiger charge is 2.46. The van der Waals surface area contributed by atoms with Crippen molar-refractivity contribution in [2.75, 3.05) is 13.7 Å². The van der Waals surface area contributed by atoms with Gasteiger partial charge in [0.2, 0.25) is 0 Å². The fourth-order valence-electron chi connectivity index (χ4n) is 4.63. The first kappa shape index (κ1) is 26.8. The number of aliphatic hydroxyl groups is 1. The second kappa shape index (κ2) is 13.4. The molecule has 1 saturated carbocycles. The van der Waals surface area contributed by atoms with E-state index < -0.39 is 5.60 Å². The predicted octanol–water partition coefficient (Wildman–Crippen LogP) is 5.11. The maximum Gasteiger partial charge on any atom is 0.102 e. The normalized spacial score (nSPS) is 25.2. The van der Waals surface area contributed by atoms with Crippen LogP contribution < -0.4 is 5.32 Å². The van der Waals surface area contributed by atoms with Crippen molar-refractivity contribution in [1.29, 1.82) is 0 Å². The third-order valence-electron chi connectivity index (χ3n) is 7.15. The molecule has 2 aromatic rings. The van der Waals surface area contributed by atoms with Crippen molar-refractivity contribution in [3.05, 3.63) is 71.8 Å². The molecule has 0 aromatic heterocycles. The summed E-state index contributed by atoms with van der Waals surface area (Å²) in [5, 5.41) is 14.5. The van der Waals surface area contributed by atoms with Gasteiger partial charge < -0.3 is 24.6 Å². The minimum atomic E-state index is -0.888. The van der Waals surface area contributed by atoms with E-state index in [1.165, 1.54) is 0 Å². The molecule has 1 fully saturated rings. The van der Waals surface area contributed by atoms with Crippen molar-refractivity contribution in [1.82, 2.24) is 5.32 Å².